The molecule has 28 heavy (non-hydrogen) atoms. The van der Waals surface area contributed by atoms with Crippen molar-refractivity contribution < 1.29 is 9.21 Å². The van der Waals surface area contributed by atoms with Gasteiger partial charge >= 0.3 is 0 Å². The van der Waals surface area contributed by atoms with Crippen molar-refractivity contribution in [3.8, 4) is 0 Å². The highest BCUT2D eigenvalue weighted by atomic mass is 35.5. The molecule has 5 rings (SSSR count). The van der Waals surface area contributed by atoms with Crippen molar-refractivity contribution in [2.24, 2.45) is 0 Å². The van der Waals surface area contributed by atoms with Crippen molar-refractivity contribution in [1.82, 2.24) is 4.98 Å². The summed E-state index contributed by atoms with van der Waals surface area (Å²) in [4.78, 5) is 32.4. The van der Waals surface area contributed by atoms with E-state index in [1.807, 2.05) is 0 Å². The molecular weight excluding hydrogens is 376 g/mol. The Balaban J connectivity index is 1.83. The van der Waals surface area contributed by atoms with Crippen LogP contribution in [0.15, 0.2) is 82.1 Å². The summed E-state index contributed by atoms with van der Waals surface area (Å²) >= 11 is 6.04. The summed E-state index contributed by atoms with van der Waals surface area (Å²) in [6.07, 6.45) is 1.61. The van der Waals surface area contributed by atoms with Gasteiger partial charge in [0.05, 0.1) is 17.0 Å². The summed E-state index contributed by atoms with van der Waals surface area (Å²) in [6, 6.07) is 18.7. The number of carbonyl (C=O) groups excluding carboxylic acids is 1. The second kappa shape index (κ2) is 6.32. The van der Waals surface area contributed by atoms with Gasteiger partial charge in [-0.3, -0.25) is 14.5 Å². The zero-order valence-corrected chi connectivity index (χ0v) is 15.3. The summed E-state index contributed by atoms with van der Waals surface area (Å²) < 4.78 is 5.88. The second-order valence-corrected chi connectivity index (χ2v) is 6.92. The third-order valence-electron chi connectivity index (χ3n) is 4.86. The lowest BCUT2D eigenvalue weighted by Crippen LogP contribution is -2.30. The van der Waals surface area contributed by atoms with Crippen LogP contribution in [0, 0.1) is 0 Å². The van der Waals surface area contributed by atoms with Crippen LogP contribution in [0.2, 0.25) is 5.02 Å². The third-order valence-corrected chi connectivity index (χ3v) is 5.11. The molecule has 4 aromatic rings. The number of rotatable bonds is 2. The van der Waals surface area contributed by atoms with E-state index in [2.05, 4.69) is 4.98 Å². The Labute approximate surface area is 164 Å². The third kappa shape index (κ3) is 2.44. The minimum Gasteiger partial charge on any atom is -0.450 e. The molecule has 1 atom stereocenters. The van der Waals surface area contributed by atoms with Gasteiger partial charge in [-0.05, 0) is 42.0 Å². The fraction of sp³-hybridized carbons (Fsp3) is 0.0455. The molecule has 6 heteroatoms. The number of amides is 1. The fourth-order valence-corrected chi connectivity index (χ4v) is 3.74. The van der Waals surface area contributed by atoms with Crippen LogP contribution in [0.1, 0.15) is 27.7 Å². The van der Waals surface area contributed by atoms with Crippen LogP contribution in [0.4, 0.5) is 5.82 Å². The zero-order valence-electron chi connectivity index (χ0n) is 14.5. The Morgan fingerprint density at radius 2 is 1.68 bits per heavy atom. The highest BCUT2D eigenvalue weighted by Crippen LogP contribution is 2.40. The summed E-state index contributed by atoms with van der Waals surface area (Å²) in [6.45, 7) is 0. The Morgan fingerprint density at radius 3 is 2.43 bits per heavy atom. The largest absolute Gasteiger partial charge is 0.450 e. The van der Waals surface area contributed by atoms with Gasteiger partial charge in [-0.15, -0.1) is 0 Å². The molecule has 5 nitrogen and oxygen atoms in total. The van der Waals surface area contributed by atoms with Gasteiger partial charge in [-0.25, -0.2) is 4.98 Å². The molecule has 0 unspecified atom stereocenters. The first kappa shape index (κ1) is 16.7. The summed E-state index contributed by atoms with van der Waals surface area (Å²) in [7, 11) is 0. The van der Waals surface area contributed by atoms with E-state index < -0.39 is 11.9 Å². The van der Waals surface area contributed by atoms with Gasteiger partial charge in [0.2, 0.25) is 5.76 Å². The molecule has 0 saturated carbocycles. The van der Waals surface area contributed by atoms with Crippen molar-refractivity contribution in [2.45, 2.75) is 6.04 Å². The molecule has 0 radical (unpaired) electrons. The number of hydrogen-bond donors (Lipinski definition) is 0. The average Bonchev–Trinajstić information content (AvgIpc) is 3.02. The predicted octanol–water partition coefficient (Wildman–Crippen LogP) is 4.59. The number of nitrogens with zero attached hydrogens (tertiary/aromatic N) is 2. The van der Waals surface area contributed by atoms with Gasteiger partial charge in [-0.1, -0.05) is 41.9 Å². The van der Waals surface area contributed by atoms with Crippen LogP contribution < -0.4 is 10.3 Å². The van der Waals surface area contributed by atoms with Crippen LogP contribution in [0.5, 0.6) is 0 Å². The van der Waals surface area contributed by atoms with Gasteiger partial charge in [-0.2, -0.15) is 0 Å². The van der Waals surface area contributed by atoms with E-state index in [4.69, 9.17) is 16.0 Å². The Bertz CT molecular complexity index is 1270. The molecule has 1 amide bonds. The van der Waals surface area contributed by atoms with Gasteiger partial charge < -0.3 is 4.42 Å². The summed E-state index contributed by atoms with van der Waals surface area (Å²) in [5, 5.41) is 1.01. The lowest BCUT2D eigenvalue weighted by atomic mass is 9.98. The van der Waals surface area contributed by atoms with Crippen molar-refractivity contribution in [3.05, 3.63) is 105 Å². The molecule has 0 aliphatic carbocycles. The van der Waals surface area contributed by atoms with E-state index in [1.165, 1.54) is 4.90 Å². The van der Waals surface area contributed by atoms with Crippen LogP contribution in [-0.4, -0.2) is 10.9 Å². The lowest BCUT2D eigenvalue weighted by Gasteiger charge is -2.24. The first-order valence-corrected chi connectivity index (χ1v) is 9.09. The molecule has 0 saturated heterocycles. The van der Waals surface area contributed by atoms with E-state index in [9.17, 15) is 9.59 Å². The summed E-state index contributed by atoms with van der Waals surface area (Å²) in [5.74, 6) is 0.105. The topological polar surface area (TPSA) is 63.4 Å². The first-order valence-electron chi connectivity index (χ1n) is 8.71. The SMILES string of the molecule is O=C1c2oc3ccccc3c(=O)c2[C@H](c2ccc(Cl)cc2)N1c1ccccn1. The molecule has 0 bridgehead atoms. The van der Waals surface area contributed by atoms with Crippen LogP contribution in [0.3, 0.4) is 0 Å². The molecule has 3 heterocycles. The number of benzene rings is 2. The number of halogens is 1. The fourth-order valence-electron chi connectivity index (χ4n) is 3.61. The monoisotopic (exact) mass is 388 g/mol. The van der Waals surface area contributed by atoms with E-state index in [1.54, 1.807) is 72.9 Å². The van der Waals surface area contributed by atoms with E-state index >= 15 is 0 Å². The molecular formula is C22H13ClN2O3. The van der Waals surface area contributed by atoms with Gasteiger partial charge in [0.25, 0.3) is 5.91 Å². The molecule has 1 aliphatic rings. The predicted molar refractivity (Wildman–Crippen MR) is 107 cm³/mol. The van der Waals surface area contributed by atoms with Crippen LogP contribution in [-0.2, 0) is 0 Å². The van der Waals surface area contributed by atoms with Crippen LogP contribution in [0.25, 0.3) is 11.0 Å². The Hall–Kier alpha value is -3.44. The quantitative estimate of drug-likeness (QED) is 0.503. The minimum absolute atomic E-state index is 0.0503. The molecule has 0 N–H and O–H groups in total. The molecule has 0 fully saturated rings. The number of hydrogen-bond acceptors (Lipinski definition) is 4. The Kier molecular flexibility index (Phi) is 3.77. The highest BCUT2D eigenvalue weighted by molar-refractivity contribution is 6.30. The van der Waals surface area contributed by atoms with Crippen molar-refractivity contribution in [1.29, 1.82) is 0 Å². The first-order chi connectivity index (χ1) is 13.6. The number of para-hydroxylation sites is 1. The number of fused-ring (bicyclic) bond motifs is 2. The van der Waals surface area contributed by atoms with Crippen molar-refractivity contribution >= 4 is 34.3 Å². The van der Waals surface area contributed by atoms with Gasteiger partial charge in [0.15, 0.2) is 5.43 Å². The maximum Gasteiger partial charge on any atom is 0.296 e. The number of anilines is 1. The highest BCUT2D eigenvalue weighted by Gasteiger charge is 2.44. The maximum absolute atomic E-state index is 13.3. The minimum atomic E-state index is -0.643. The standard InChI is InChI=1S/C22H13ClN2O3/c23-14-10-8-13(9-11-14)19-18-20(26)15-5-1-2-6-16(15)28-21(18)22(27)25(19)17-7-3-4-12-24-17/h1-12,19H/t19-/m0/s1. The molecule has 2 aromatic carbocycles. The second-order valence-electron chi connectivity index (χ2n) is 6.49. The van der Waals surface area contributed by atoms with Gasteiger partial charge in [0.1, 0.15) is 11.4 Å². The number of aromatic nitrogens is 1. The Morgan fingerprint density at radius 1 is 0.929 bits per heavy atom. The molecule has 136 valence electrons. The van der Waals surface area contributed by atoms with E-state index in [-0.39, 0.29) is 11.2 Å². The number of carbonyl (C=O) groups is 1. The maximum atomic E-state index is 13.3. The van der Waals surface area contributed by atoms with Gasteiger partial charge in [0, 0.05) is 11.2 Å². The molecule has 0 spiro atoms. The zero-order chi connectivity index (χ0) is 19.3. The van der Waals surface area contributed by atoms with Crippen molar-refractivity contribution in [3.63, 3.8) is 0 Å². The lowest BCUT2D eigenvalue weighted by molar-refractivity contribution is 0.0970. The number of pyridine rings is 1. The van der Waals surface area contributed by atoms with E-state index in [0.29, 0.717) is 27.4 Å². The molecule has 2 aromatic heterocycles. The molecule has 1 aliphatic heterocycles. The van der Waals surface area contributed by atoms with E-state index in [0.717, 1.165) is 5.56 Å². The van der Waals surface area contributed by atoms with Crippen molar-refractivity contribution in [2.75, 3.05) is 4.90 Å². The smallest absolute Gasteiger partial charge is 0.296 e. The normalized spacial score (nSPS) is 15.8. The average molecular weight is 389 g/mol. The summed E-state index contributed by atoms with van der Waals surface area (Å²) in [5.41, 5.74) is 1.24. The van der Waals surface area contributed by atoms with Crippen LogP contribution >= 0.6 is 11.6 Å².